The number of carbonyl (C=O) groups excluding carboxylic acids is 1. The van der Waals surface area contributed by atoms with Crippen molar-refractivity contribution in [1.82, 2.24) is 0 Å². The highest BCUT2D eigenvalue weighted by atomic mass is 16.1. The minimum absolute atomic E-state index is 0.0150. The lowest BCUT2D eigenvalue weighted by atomic mass is 9.70. The van der Waals surface area contributed by atoms with Crippen LogP contribution in [0.3, 0.4) is 0 Å². The Balaban J connectivity index is 3.02. The maximum absolute atomic E-state index is 11.8. The van der Waals surface area contributed by atoms with Crippen molar-refractivity contribution in [2.45, 2.75) is 40.5 Å². The minimum atomic E-state index is 0.0150. The van der Waals surface area contributed by atoms with E-state index in [9.17, 15) is 4.79 Å². The summed E-state index contributed by atoms with van der Waals surface area (Å²) in [5.41, 5.74) is 1.26. The van der Waals surface area contributed by atoms with Crippen LogP contribution in [0.25, 0.3) is 0 Å². The van der Waals surface area contributed by atoms with Crippen LogP contribution >= 0.6 is 0 Å². The van der Waals surface area contributed by atoms with Crippen LogP contribution in [0.1, 0.15) is 46.1 Å². The molecule has 0 aliphatic carbocycles. The molecular weight excluding hydrogens is 196 g/mol. The lowest BCUT2D eigenvalue weighted by Gasteiger charge is -2.33. The molecule has 2 atom stereocenters. The van der Waals surface area contributed by atoms with Crippen LogP contribution in [-0.4, -0.2) is 5.78 Å². The Hall–Kier alpha value is -1.11. The second-order valence-electron chi connectivity index (χ2n) is 5.65. The maximum atomic E-state index is 11.8. The number of carbonyl (C=O) groups is 1. The molecule has 0 aromatic heterocycles. The quantitative estimate of drug-likeness (QED) is 0.748. The third-order valence-electron chi connectivity index (χ3n) is 3.20. The number of hydrogen-bond acceptors (Lipinski definition) is 1. The first-order valence-corrected chi connectivity index (χ1v) is 5.89. The fourth-order valence-corrected chi connectivity index (χ4v) is 2.66. The summed E-state index contributed by atoms with van der Waals surface area (Å²) in [5, 5.41) is 0. The van der Waals surface area contributed by atoms with Gasteiger partial charge in [0.15, 0.2) is 0 Å². The summed E-state index contributed by atoms with van der Waals surface area (Å²) >= 11 is 0. The third-order valence-corrected chi connectivity index (χ3v) is 3.20. The molecule has 0 saturated carbocycles. The van der Waals surface area contributed by atoms with E-state index in [2.05, 4.69) is 39.8 Å². The van der Waals surface area contributed by atoms with Crippen LogP contribution in [0.5, 0.6) is 0 Å². The summed E-state index contributed by atoms with van der Waals surface area (Å²) < 4.78 is 0. The largest absolute Gasteiger partial charge is 0.300 e. The van der Waals surface area contributed by atoms with Crippen LogP contribution in [0.4, 0.5) is 0 Å². The summed E-state index contributed by atoms with van der Waals surface area (Å²) in [6.45, 7) is 10.3. The van der Waals surface area contributed by atoms with E-state index in [1.165, 1.54) is 5.56 Å². The van der Waals surface area contributed by atoms with E-state index in [1.807, 2.05) is 18.2 Å². The lowest BCUT2D eigenvalue weighted by Crippen LogP contribution is -2.31. The molecule has 88 valence electrons. The standard InChI is InChI=1S/C15H22O/c1-11(13-9-7-6-8-10-13)14(12(2)16)15(3,4)5/h6-11,14H,1-5H3/t11-,14+/m1/s1. The fourth-order valence-electron chi connectivity index (χ4n) is 2.66. The fraction of sp³-hybridized carbons (Fsp3) is 0.533. The Kier molecular flexibility index (Phi) is 3.90. The van der Waals surface area contributed by atoms with Crippen molar-refractivity contribution in [3.63, 3.8) is 0 Å². The summed E-state index contributed by atoms with van der Waals surface area (Å²) in [5.74, 6) is 0.637. The lowest BCUT2D eigenvalue weighted by molar-refractivity contribution is -0.124. The molecule has 0 amide bonds. The smallest absolute Gasteiger partial charge is 0.134 e. The Labute approximate surface area is 98.9 Å². The van der Waals surface area contributed by atoms with Gasteiger partial charge in [0.2, 0.25) is 0 Å². The Morgan fingerprint density at radius 1 is 1.12 bits per heavy atom. The molecule has 1 rings (SSSR count). The number of Topliss-reactive ketones (excluding diaryl/α,β-unsaturated/α-hetero) is 1. The van der Waals surface area contributed by atoms with Gasteiger partial charge < -0.3 is 0 Å². The van der Waals surface area contributed by atoms with Crippen LogP contribution in [0.15, 0.2) is 30.3 Å². The molecule has 1 aromatic carbocycles. The Bertz CT molecular complexity index is 345. The van der Waals surface area contributed by atoms with Gasteiger partial charge in [-0.25, -0.2) is 0 Å². The van der Waals surface area contributed by atoms with E-state index < -0.39 is 0 Å². The molecular formula is C15H22O. The van der Waals surface area contributed by atoms with Gasteiger partial charge in [-0.05, 0) is 23.8 Å². The van der Waals surface area contributed by atoms with Gasteiger partial charge in [0, 0.05) is 5.92 Å². The predicted molar refractivity (Wildman–Crippen MR) is 68.5 cm³/mol. The molecule has 16 heavy (non-hydrogen) atoms. The zero-order chi connectivity index (χ0) is 12.3. The van der Waals surface area contributed by atoms with Gasteiger partial charge in [0.05, 0.1) is 0 Å². The third kappa shape index (κ3) is 2.94. The first-order valence-electron chi connectivity index (χ1n) is 5.89. The molecule has 0 radical (unpaired) electrons. The van der Waals surface area contributed by atoms with Gasteiger partial charge in [-0.3, -0.25) is 4.79 Å². The SMILES string of the molecule is CC(=O)[C@H]([C@H](C)c1ccccc1)C(C)(C)C. The van der Waals surface area contributed by atoms with Crippen LogP contribution in [0, 0.1) is 11.3 Å². The van der Waals surface area contributed by atoms with Gasteiger partial charge >= 0.3 is 0 Å². The summed E-state index contributed by atoms with van der Waals surface area (Å²) in [4.78, 5) is 11.8. The first-order chi connectivity index (χ1) is 7.34. The van der Waals surface area contributed by atoms with E-state index in [-0.39, 0.29) is 23.0 Å². The van der Waals surface area contributed by atoms with Crippen molar-refractivity contribution in [2.75, 3.05) is 0 Å². The Morgan fingerprint density at radius 3 is 2.00 bits per heavy atom. The van der Waals surface area contributed by atoms with E-state index >= 15 is 0 Å². The molecule has 1 nitrogen and oxygen atoms in total. The summed E-state index contributed by atoms with van der Waals surface area (Å²) in [6.07, 6.45) is 0. The number of ketones is 1. The average Bonchev–Trinajstić information content (AvgIpc) is 2.16. The van der Waals surface area contributed by atoms with Crippen molar-refractivity contribution in [3.05, 3.63) is 35.9 Å². The molecule has 1 aromatic rings. The van der Waals surface area contributed by atoms with E-state index in [1.54, 1.807) is 6.92 Å². The van der Waals surface area contributed by atoms with Gasteiger partial charge in [-0.15, -0.1) is 0 Å². The highest BCUT2D eigenvalue weighted by Crippen LogP contribution is 2.38. The summed E-state index contributed by atoms with van der Waals surface area (Å²) in [7, 11) is 0. The molecule has 0 bridgehead atoms. The van der Waals surface area contributed by atoms with Crippen LogP contribution < -0.4 is 0 Å². The monoisotopic (exact) mass is 218 g/mol. The number of rotatable bonds is 3. The minimum Gasteiger partial charge on any atom is -0.300 e. The molecule has 0 heterocycles. The molecule has 0 unspecified atom stereocenters. The molecule has 0 spiro atoms. The topological polar surface area (TPSA) is 17.1 Å². The van der Waals surface area contributed by atoms with Gasteiger partial charge in [0.1, 0.15) is 5.78 Å². The van der Waals surface area contributed by atoms with E-state index in [0.717, 1.165) is 0 Å². The molecule has 0 aliphatic rings. The molecule has 0 saturated heterocycles. The molecule has 0 fully saturated rings. The summed E-state index contributed by atoms with van der Waals surface area (Å²) in [6, 6.07) is 10.3. The number of benzene rings is 1. The normalized spacial score (nSPS) is 15.6. The number of hydrogen-bond donors (Lipinski definition) is 0. The van der Waals surface area contributed by atoms with Gasteiger partial charge in [0.25, 0.3) is 0 Å². The van der Waals surface area contributed by atoms with Crippen molar-refractivity contribution >= 4 is 5.78 Å². The molecule has 0 aliphatic heterocycles. The average molecular weight is 218 g/mol. The molecule has 0 N–H and O–H groups in total. The highest BCUT2D eigenvalue weighted by molar-refractivity contribution is 5.80. The van der Waals surface area contributed by atoms with Gasteiger partial charge in [-0.1, -0.05) is 58.0 Å². The van der Waals surface area contributed by atoms with Crippen LogP contribution in [-0.2, 0) is 4.79 Å². The van der Waals surface area contributed by atoms with E-state index in [0.29, 0.717) is 0 Å². The maximum Gasteiger partial charge on any atom is 0.134 e. The van der Waals surface area contributed by atoms with Crippen LogP contribution in [0.2, 0.25) is 0 Å². The van der Waals surface area contributed by atoms with Crippen molar-refractivity contribution < 1.29 is 4.79 Å². The zero-order valence-corrected chi connectivity index (χ0v) is 10.9. The molecule has 1 heteroatoms. The van der Waals surface area contributed by atoms with Gasteiger partial charge in [-0.2, -0.15) is 0 Å². The van der Waals surface area contributed by atoms with E-state index in [4.69, 9.17) is 0 Å². The predicted octanol–water partition coefficient (Wildman–Crippen LogP) is 4.04. The van der Waals surface area contributed by atoms with Crippen molar-refractivity contribution in [1.29, 1.82) is 0 Å². The second kappa shape index (κ2) is 4.82. The second-order valence-corrected chi connectivity index (χ2v) is 5.65. The van der Waals surface area contributed by atoms with Crippen molar-refractivity contribution in [2.24, 2.45) is 11.3 Å². The Morgan fingerprint density at radius 2 is 1.62 bits per heavy atom. The zero-order valence-electron chi connectivity index (χ0n) is 10.9. The highest BCUT2D eigenvalue weighted by Gasteiger charge is 2.33. The first kappa shape index (κ1) is 13.0. The van der Waals surface area contributed by atoms with Crippen molar-refractivity contribution in [3.8, 4) is 0 Å².